The first-order chi connectivity index (χ1) is 10.6. The zero-order valence-corrected chi connectivity index (χ0v) is 13.1. The molecule has 0 aliphatic carbocycles. The number of aromatic amines is 1. The van der Waals surface area contributed by atoms with E-state index in [0.29, 0.717) is 23.5 Å². The van der Waals surface area contributed by atoms with Crippen LogP contribution in [0.4, 0.5) is 4.39 Å². The normalized spacial score (nSPS) is 19.0. The van der Waals surface area contributed by atoms with Crippen molar-refractivity contribution in [2.24, 2.45) is 0 Å². The Kier molecular flexibility index (Phi) is 4.16. The number of likely N-dealkylation sites (tertiary alicyclic amines) is 1. The number of benzene rings is 1. The lowest BCUT2D eigenvalue weighted by molar-refractivity contribution is 0.0942. The van der Waals surface area contributed by atoms with Crippen LogP contribution in [0.15, 0.2) is 18.2 Å². The Labute approximate surface area is 129 Å². The van der Waals surface area contributed by atoms with Crippen LogP contribution >= 0.6 is 0 Å². The summed E-state index contributed by atoms with van der Waals surface area (Å²) < 4.78 is 13.5. The number of halogens is 1. The van der Waals surface area contributed by atoms with E-state index >= 15 is 0 Å². The van der Waals surface area contributed by atoms with Crippen molar-refractivity contribution in [2.75, 3.05) is 19.6 Å². The van der Waals surface area contributed by atoms with Gasteiger partial charge in [-0.3, -0.25) is 9.69 Å². The summed E-state index contributed by atoms with van der Waals surface area (Å²) >= 11 is 0. The number of fused-ring (bicyclic) bond motifs is 1. The highest BCUT2D eigenvalue weighted by atomic mass is 19.1. The maximum absolute atomic E-state index is 13.5. The number of carbonyl (C=O) groups excluding carboxylic acids is 1. The fourth-order valence-corrected chi connectivity index (χ4v) is 3.43. The van der Waals surface area contributed by atoms with Crippen molar-refractivity contribution in [1.82, 2.24) is 15.2 Å². The third-order valence-corrected chi connectivity index (χ3v) is 4.58. The first-order valence-corrected chi connectivity index (χ1v) is 7.90. The van der Waals surface area contributed by atoms with Crippen molar-refractivity contribution >= 4 is 16.8 Å². The maximum atomic E-state index is 13.5. The zero-order chi connectivity index (χ0) is 15.7. The molecule has 1 fully saturated rings. The van der Waals surface area contributed by atoms with Crippen LogP contribution in [0.5, 0.6) is 0 Å². The number of likely N-dealkylation sites (N-methyl/N-ethyl adjacent to an activating group) is 1. The van der Waals surface area contributed by atoms with Crippen molar-refractivity contribution in [3.05, 3.63) is 35.3 Å². The third-order valence-electron chi connectivity index (χ3n) is 4.58. The van der Waals surface area contributed by atoms with E-state index in [-0.39, 0.29) is 11.7 Å². The van der Waals surface area contributed by atoms with Crippen LogP contribution in [-0.4, -0.2) is 41.5 Å². The molecule has 5 heteroatoms. The molecule has 0 radical (unpaired) electrons. The molecule has 1 unspecified atom stereocenters. The minimum absolute atomic E-state index is 0.127. The predicted molar refractivity (Wildman–Crippen MR) is 85.6 cm³/mol. The summed E-state index contributed by atoms with van der Waals surface area (Å²) in [6.45, 7) is 6.76. The molecule has 1 aromatic carbocycles. The van der Waals surface area contributed by atoms with Crippen LogP contribution in [0.2, 0.25) is 0 Å². The number of amides is 1. The molecule has 118 valence electrons. The fraction of sp³-hybridized carbons (Fsp3) is 0.471. The predicted octanol–water partition coefficient (Wildman–Crippen LogP) is 2.83. The van der Waals surface area contributed by atoms with Crippen molar-refractivity contribution in [3.8, 4) is 0 Å². The molecule has 0 spiro atoms. The monoisotopic (exact) mass is 303 g/mol. The third kappa shape index (κ3) is 2.73. The van der Waals surface area contributed by atoms with E-state index in [1.807, 2.05) is 6.92 Å². The minimum Gasteiger partial charge on any atom is -0.358 e. The Morgan fingerprint density at radius 3 is 3.09 bits per heavy atom. The molecule has 4 nitrogen and oxygen atoms in total. The highest BCUT2D eigenvalue weighted by molar-refractivity contribution is 6.08. The van der Waals surface area contributed by atoms with E-state index in [1.54, 1.807) is 6.07 Å². The zero-order valence-electron chi connectivity index (χ0n) is 13.1. The molecule has 1 aliphatic heterocycles. The minimum atomic E-state index is -0.325. The van der Waals surface area contributed by atoms with E-state index in [4.69, 9.17) is 0 Å². The average Bonchev–Trinajstić information content (AvgIpc) is 3.07. The van der Waals surface area contributed by atoms with E-state index in [1.165, 1.54) is 18.6 Å². The second kappa shape index (κ2) is 6.08. The fourth-order valence-electron chi connectivity index (χ4n) is 3.43. The summed E-state index contributed by atoms with van der Waals surface area (Å²) in [4.78, 5) is 18.1. The smallest absolute Gasteiger partial charge is 0.253 e. The summed E-state index contributed by atoms with van der Waals surface area (Å²) in [5.74, 6) is -0.453. The van der Waals surface area contributed by atoms with E-state index in [0.717, 1.165) is 30.7 Å². The van der Waals surface area contributed by atoms with Gasteiger partial charge in [-0.15, -0.1) is 0 Å². The maximum Gasteiger partial charge on any atom is 0.253 e. The lowest BCUT2D eigenvalue weighted by atomic mass is 10.1. The van der Waals surface area contributed by atoms with E-state index in [2.05, 4.69) is 22.1 Å². The molecular formula is C17H22FN3O. The summed E-state index contributed by atoms with van der Waals surface area (Å²) in [6.07, 6.45) is 2.31. The second-order valence-corrected chi connectivity index (χ2v) is 5.95. The van der Waals surface area contributed by atoms with Crippen LogP contribution in [0.1, 0.15) is 35.8 Å². The van der Waals surface area contributed by atoms with Gasteiger partial charge in [-0.25, -0.2) is 4.39 Å². The average molecular weight is 303 g/mol. The Bertz CT molecular complexity index is 695. The van der Waals surface area contributed by atoms with Crippen molar-refractivity contribution < 1.29 is 9.18 Å². The van der Waals surface area contributed by atoms with Crippen LogP contribution < -0.4 is 5.32 Å². The molecule has 1 aromatic heterocycles. The Morgan fingerprint density at radius 2 is 2.32 bits per heavy atom. The standard InChI is InChI=1S/C17H22FN3O/c1-3-21-8-4-5-13(21)10-19-17(22)16-11(2)20-15-7-6-12(18)9-14(15)16/h6-7,9,13,20H,3-5,8,10H2,1-2H3,(H,19,22). The molecule has 0 bridgehead atoms. The Hall–Kier alpha value is -1.88. The van der Waals surface area contributed by atoms with Crippen molar-refractivity contribution in [2.45, 2.75) is 32.7 Å². The largest absolute Gasteiger partial charge is 0.358 e. The van der Waals surface area contributed by atoms with Gasteiger partial charge in [-0.2, -0.15) is 0 Å². The highest BCUT2D eigenvalue weighted by Crippen LogP contribution is 2.23. The van der Waals surface area contributed by atoms with Gasteiger partial charge in [0, 0.05) is 29.2 Å². The molecule has 2 N–H and O–H groups in total. The van der Waals surface area contributed by atoms with E-state index in [9.17, 15) is 9.18 Å². The number of H-pyrrole nitrogens is 1. The van der Waals surface area contributed by atoms with Gasteiger partial charge in [0.25, 0.3) is 5.91 Å². The Morgan fingerprint density at radius 1 is 1.50 bits per heavy atom. The number of nitrogens with one attached hydrogen (secondary N) is 2. The summed E-state index contributed by atoms with van der Waals surface area (Å²) in [5.41, 5.74) is 2.12. The topological polar surface area (TPSA) is 48.1 Å². The van der Waals surface area contributed by atoms with Gasteiger partial charge < -0.3 is 10.3 Å². The lowest BCUT2D eigenvalue weighted by Crippen LogP contribution is -2.40. The molecule has 1 amide bonds. The van der Waals surface area contributed by atoms with Gasteiger partial charge in [-0.05, 0) is 51.1 Å². The quantitative estimate of drug-likeness (QED) is 0.912. The SMILES string of the molecule is CCN1CCCC1CNC(=O)c1c(C)[nH]c2ccc(F)cc12. The van der Waals surface area contributed by atoms with Gasteiger partial charge in [0.2, 0.25) is 0 Å². The van der Waals surface area contributed by atoms with Gasteiger partial charge in [0.15, 0.2) is 0 Å². The van der Waals surface area contributed by atoms with Crippen molar-refractivity contribution in [1.29, 1.82) is 0 Å². The molecule has 22 heavy (non-hydrogen) atoms. The number of aromatic nitrogens is 1. The summed E-state index contributed by atoms with van der Waals surface area (Å²) in [6, 6.07) is 4.90. The first-order valence-electron chi connectivity index (χ1n) is 7.90. The molecule has 1 aliphatic rings. The number of hydrogen-bond donors (Lipinski definition) is 2. The molecule has 1 atom stereocenters. The molecule has 2 aromatic rings. The van der Waals surface area contributed by atoms with Gasteiger partial charge in [0.05, 0.1) is 5.56 Å². The van der Waals surface area contributed by atoms with E-state index < -0.39 is 0 Å². The first kappa shape index (κ1) is 15.0. The number of carbonyl (C=O) groups is 1. The molecule has 3 rings (SSSR count). The van der Waals surface area contributed by atoms with Crippen LogP contribution in [0.3, 0.4) is 0 Å². The second-order valence-electron chi connectivity index (χ2n) is 5.95. The summed E-state index contributed by atoms with van der Waals surface area (Å²) in [5, 5.41) is 3.67. The number of aryl methyl sites for hydroxylation is 1. The molecular weight excluding hydrogens is 281 g/mol. The Balaban J connectivity index is 1.77. The number of nitrogens with zero attached hydrogens (tertiary/aromatic N) is 1. The number of rotatable bonds is 4. The van der Waals surface area contributed by atoms with Crippen molar-refractivity contribution in [3.63, 3.8) is 0 Å². The van der Waals surface area contributed by atoms with Crippen LogP contribution in [0.25, 0.3) is 10.9 Å². The van der Waals surface area contributed by atoms with Gasteiger partial charge >= 0.3 is 0 Å². The summed E-state index contributed by atoms with van der Waals surface area (Å²) in [7, 11) is 0. The van der Waals surface area contributed by atoms with Crippen LogP contribution in [0, 0.1) is 12.7 Å². The molecule has 1 saturated heterocycles. The molecule has 0 saturated carbocycles. The highest BCUT2D eigenvalue weighted by Gasteiger charge is 2.24. The van der Waals surface area contributed by atoms with Crippen LogP contribution in [-0.2, 0) is 0 Å². The number of hydrogen-bond acceptors (Lipinski definition) is 2. The molecule has 2 heterocycles. The van der Waals surface area contributed by atoms with Gasteiger partial charge in [0.1, 0.15) is 5.82 Å². The van der Waals surface area contributed by atoms with Gasteiger partial charge in [-0.1, -0.05) is 6.92 Å². The lowest BCUT2D eigenvalue weighted by Gasteiger charge is -2.22.